The summed E-state index contributed by atoms with van der Waals surface area (Å²) in [6, 6.07) is 0. The molecule has 2 heterocycles. The molecule has 10 N–H and O–H groups in total. The van der Waals surface area contributed by atoms with Crippen molar-refractivity contribution in [1.82, 2.24) is 21.9 Å². The van der Waals surface area contributed by atoms with Gasteiger partial charge < -0.3 is 36.5 Å². The quantitative estimate of drug-likeness (QED) is 0.458. The summed E-state index contributed by atoms with van der Waals surface area (Å²) in [4.78, 5) is 46.2. The van der Waals surface area contributed by atoms with E-state index in [0.717, 1.165) is 12.3 Å². The van der Waals surface area contributed by atoms with Crippen molar-refractivity contribution in [3.05, 3.63) is 39.2 Å². The molecule has 1 fully saturated rings. The third-order valence-corrected chi connectivity index (χ3v) is 4.06. The Morgan fingerprint density at radius 2 is 2.00 bits per heavy atom. The summed E-state index contributed by atoms with van der Waals surface area (Å²) < 4.78 is 43.9. The molecule has 0 saturated carbocycles. The smallest absolute Gasteiger partial charge is 0.330 e. The molecular formula is C11H19F2N4O7P. The molecule has 0 bridgehead atoms. The zero-order chi connectivity index (χ0) is 17.6. The Morgan fingerprint density at radius 1 is 1.44 bits per heavy atom. The largest absolute Gasteiger partial charge is 0.811 e. The number of rotatable bonds is 4. The molecule has 1 aromatic rings. The molecule has 11 nitrogen and oxygen atoms in total. The molecule has 144 valence electrons. The molecular weight excluding hydrogens is 369 g/mol. The Hall–Kier alpha value is -1.73. The van der Waals surface area contributed by atoms with Gasteiger partial charge in [-0.05, 0) is 0 Å². The van der Waals surface area contributed by atoms with Crippen molar-refractivity contribution in [1.29, 1.82) is 0 Å². The third kappa shape index (κ3) is 4.46. The van der Waals surface area contributed by atoms with Crippen molar-refractivity contribution >= 4 is 13.7 Å². The minimum absolute atomic E-state index is 0. The van der Waals surface area contributed by atoms with Crippen LogP contribution in [0.2, 0.25) is 0 Å². The molecule has 0 spiro atoms. The zero-order valence-corrected chi connectivity index (χ0v) is 14.2. The SMILES string of the molecule is C=Cc1cn([C@@H]2O[C@H](CP(=O)([O-])[O-])[C@@H](O)C2(F)F)c(=O)[nH]c1=O.[NH4+].[NH4+]. The van der Waals surface area contributed by atoms with Crippen molar-refractivity contribution in [3.8, 4) is 0 Å². The Morgan fingerprint density at radius 3 is 2.48 bits per heavy atom. The summed E-state index contributed by atoms with van der Waals surface area (Å²) in [6.07, 6.45) is -6.66. The number of hydrogen-bond donors (Lipinski definition) is 4. The van der Waals surface area contributed by atoms with Gasteiger partial charge in [-0.15, -0.1) is 0 Å². The van der Waals surface area contributed by atoms with E-state index in [1.54, 1.807) is 4.98 Å². The van der Waals surface area contributed by atoms with E-state index >= 15 is 0 Å². The number of nitrogens with one attached hydrogen (secondary N) is 1. The number of nitrogens with zero attached hydrogens (tertiary/aromatic N) is 1. The number of aromatic nitrogens is 2. The average molecular weight is 388 g/mol. The monoisotopic (exact) mass is 388 g/mol. The van der Waals surface area contributed by atoms with Gasteiger partial charge in [0.2, 0.25) is 6.23 Å². The van der Waals surface area contributed by atoms with Crippen LogP contribution in [0.1, 0.15) is 11.8 Å². The highest BCUT2D eigenvalue weighted by molar-refractivity contribution is 7.48. The summed E-state index contributed by atoms with van der Waals surface area (Å²) in [5.41, 5.74) is -2.35. The molecule has 25 heavy (non-hydrogen) atoms. The number of halogens is 2. The van der Waals surface area contributed by atoms with Gasteiger partial charge >= 0.3 is 11.6 Å². The molecule has 0 aromatic carbocycles. The molecule has 0 amide bonds. The van der Waals surface area contributed by atoms with Crippen LogP contribution in [0.4, 0.5) is 8.78 Å². The maximum Gasteiger partial charge on any atom is 0.330 e. The second kappa shape index (κ2) is 7.66. The lowest BCUT2D eigenvalue weighted by Gasteiger charge is -2.32. The first-order valence-corrected chi connectivity index (χ1v) is 7.90. The number of alkyl halides is 2. The van der Waals surface area contributed by atoms with Crippen LogP contribution in [0.3, 0.4) is 0 Å². The average Bonchev–Trinajstić information content (AvgIpc) is 2.61. The molecule has 0 unspecified atom stereocenters. The number of aromatic amines is 1. The van der Waals surface area contributed by atoms with Crippen molar-refractivity contribution in [2.75, 3.05) is 6.16 Å². The van der Waals surface area contributed by atoms with Crippen LogP contribution in [0.5, 0.6) is 0 Å². The van der Waals surface area contributed by atoms with E-state index < -0.39 is 49.4 Å². The Kier molecular flexibility index (Phi) is 7.13. The zero-order valence-electron chi connectivity index (χ0n) is 13.3. The maximum atomic E-state index is 14.1. The van der Waals surface area contributed by atoms with Gasteiger partial charge in [0.15, 0.2) is 0 Å². The number of aliphatic hydroxyl groups is 1. The van der Waals surface area contributed by atoms with Crippen molar-refractivity contribution in [2.45, 2.75) is 24.4 Å². The first-order valence-electron chi connectivity index (χ1n) is 6.17. The first kappa shape index (κ1) is 23.3. The fourth-order valence-electron chi connectivity index (χ4n) is 2.16. The Balaban J connectivity index is 0.00000288. The number of hydrogen-bond acceptors (Lipinski definition) is 7. The topological polar surface area (TPSA) is 221 Å². The van der Waals surface area contributed by atoms with Crippen LogP contribution in [0, 0.1) is 0 Å². The van der Waals surface area contributed by atoms with E-state index in [1.165, 1.54) is 0 Å². The van der Waals surface area contributed by atoms with Crippen LogP contribution in [-0.2, 0) is 9.30 Å². The molecule has 0 aliphatic carbocycles. The highest BCUT2D eigenvalue weighted by Crippen LogP contribution is 2.44. The second-order valence-electron chi connectivity index (χ2n) is 4.89. The summed E-state index contributed by atoms with van der Waals surface area (Å²) >= 11 is 0. The van der Waals surface area contributed by atoms with Crippen molar-refractivity contribution < 1.29 is 33.0 Å². The summed E-state index contributed by atoms with van der Waals surface area (Å²) in [7, 11) is -5.24. The van der Waals surface area contributed by atoms with Crippen LogP contribution >= 0.6 is 7.60 Å². The van der Waals surface area contributed by atoms with Crippen LogP contribution in [0.15, 0.2) is 22.4 Å². The molecule has 1 saturated heterocycles. The molecule has 1 aromatic heterocycles. The number of H-pyrrole nitrogens is 1. The normalized spacial score (nSPS) is 24.9. The Bertz CT molecular complexity index is 789. The van der Waals surface area contributed by atoms with E-state index in [9.17, 15) is 37.8 Å². The van der Waals surface area contributed by atoms with Crippen molar-refractivity contribution in [3.63, 3.8) is 0 Å². The molecule has 0 radical (unpaired) electrons. The van der Waals surface area contributed by atoms with Gasteiger partial charge in [0.25, 0.3) is 5.56 Å². The third-order valence-electron chi connectivity index (χ3n) is 3.25. The number of quaternary nitrogens is 2. The van der Waals surface area contributed by atoms with E-state index in [2.05, 4.69) is 6.58 Å². The van der Waals surface area contributed by atoms with E-state index in [4.69, 9.17) is 4.74 Å². The number of ether oxygens (including phenoxy) is 1. The maximum absolute atomic E-state index is 14.1. The van der Waals surface area contributed by atoms with E-state index in [1.807, 2.05) is 0 Å². The molecule has 1 aliphatic rings. The minimum atomic E-state index is -5.24. The number of aliphatic hydroxyl groups excluding tert-OH is 1. The molecule has 14 heteroatoms. The lowest BCUT2D eigenvalue weighted by atomic mass is 10.1. The van der Waals surface area contributed by atoms with Gasteiger partial charge in [0, 0.05) is 12.4 Å². The van der Waals surface area contributed by atoms with Crippen molar-refractivity contribution in [2.24, 2.45) is 0 Å². The van der Waals surface area contributed by atoms with Crippen LogP contribution in [-0.4, -0.2) is 38.9 Å². The van der Waals surface area contributed by atoms with E-state index in [0.29, 0.717) is 4.57 Å². The fourth-order valence-corrected chi connectivity index (χ4v) is 2.89. The second-order valence-corrected chi connectivity index (χ2v) is 6.48. The van der Waals surface area contributed by atoms with Gasteiger partial charge in [-0.1, -0.05) is 20.3 Å². The van der Waals surface area contributed by atoms with Gasteiger partial charge in [0.05, 0.1) is 11.7 Å². The molecule has 2 rings (SSSR count). The first-order chi connectivity index (χ1) is 10.5. The summed E-state index contributed by atoms with van der Waals surface area (Å²) in [5.74, 6) is -4.07. The minimum Gasteiger partial charge on any atom is -0.811 e. The molecule has 1 aliphatic heterocycles. The summed E-state index contributed by atoms with van der Waals surface area (Å²) in [6.45, 7) is 3.27. The standard InChI is InChI=1S/C11H13F2N2O7P.2H3N/c1-2-5-3-15(10(18)14-8(5)17)9-11(12,13)7(16)6(22-9)4-23(19,20)21;;/h2-3,6-7,9,16H,1,4H2,(H,14,17,18)(H2,19,20,21);2*1H3/t6-,7-,9-;;/m1../s1. The van der Waals surface area contributed by atoms with E-state index in [-0.39, 0.29) is 17.9 Å². The van der Waals surface area contributed by atoms with Gasteiger partial charge in [0.1, 0.15) is 6.10 Å². The van der Waals surface area contributed by atoms with Gasteiger partial charge in [-0.3, -0.25) is 14.3 Å². The lowest BCUT2D eigenvalue weighted by Crippen LogP contribution is -2.43. The fraction of sp³-hybridized carbons (Fsp3) is 0.455. The van der Waals surface area contributed by atoms with Crippen LogP contribution in [0.25, 0.3) is 6.08 Å². The van der Waals surface area contributed by atoms with Crippen LogP contribution < -0.4 is 33.3 Å². The van der Waals surface area contributed by atoms with Gasteiger partial charge in [-0.2, -0.15) is 8.78 Å². The lowest BCUT2D eigenvalue weighted by molar-refractivity contribution is -0.315. The predicted molar refractivity (Wildman–Crippen MR) is 80.7 cm³/mol. The predicted octanol–water partition coefficient (Wildman–Crippen LogP) is -1.26. The highest BCUT2D eigenvalue weighted by atomic mass is 31.2. The Labute approximate surface area is 139 Å². The summed E-state index contributed by atoms with van der Waals surface area (Å²) in [5, 5.41) is 9.50. The van der Waals surface area contributed by atoms with Gasteiger partial charge in [-0.25, -0.2) is 4.79 Å². The molecule has 3 atom stereocenters. The highest BCUT2D eigenvalue weighted by Gasteiger charge is 2.59.